The first kappa shape index (κ1) is 5.99. The fourth-order valence-corrected chi connectivity index (χ4v) is 0.281. The average Bonchev–Trinajstić information content (AvgIpc) is 1.61. The first-order chi connectivity index (χ1) is 2.91. The molecule has 0 aromatic heterocycles. The van der Waals surface area contributed by atoms with Gasteiger partial charge in [-0.05, 0) is 0 Å². The van der Waals surface area contributed by atoms with E-state index in [9.17, 15) is 4.39 Å². The van der Waals surface area contributed by atoms with Gasteiger partial charge in [-0.1, -0.05) is 19.6 Å². The van der Waals surface area contributed by atoms with Crippen LogP contribution in [-0.4, -0.2) is 14.0 Å². The molecule has 2 heteroatoms. The zero-order valence-electron chi connectivity index (χ0n) is 4.08. The summed E-state index contributed by atoms with van der Waals surface area (Å²) in [6.45, 7) is 1.81. The van der Waals surface area contributed by atoms with Gasteiger partial charge < -0.3 is 0 Å². The molecule has 0 aliphatic carbocycles. The molecule has 35 valence electrons. The van der Waals surface area contributed by atoms with Crippen LogP contribution in [0.15, 0.2) is 0 Å². The zero-order valence-corrected chi connectivity index (χ0v) is 4.08. The van der Waals surface area contributed by atoms with Crippen LogP contribution in [0, 0.1) is 0 Å². The summed E-state index contributed by atoms with van der Waals surface area (Å²) in [4.78, 5) is 0. The van der Waals surface area contributed by atoms with E-state index in [1.165, 1.54) is 0 Å². The third kappa shape index (κ3) is 3.99. The van der Waals surface area contributed by atoms with Crippen LogP contribution in [0.1, 0.15) is 6.92 Å². The number of hydrogen-bond acceptors (Lipinski definition) is 0. The second-order valence-corrected chi connectivity index (χ2v) is 1.17. The molecule has 0 atom stereocenters. The monoisotopic (exact) mass is 87.1 g/mol. The van der Waals surface area contributed by atoms with E-state index in [2.05, 4.69) is 0 Å². The standard InChI is InChI=1S/C4H9BF/c1-2-5-3-4-6/h2-4H2,1H3. The first-order valence-electron chi connectivity index (χ1n) is 2.29. The van der Waals surface area contributed by atoms with Gasteiger partial charge in [0.1, 0.15) is 7.28 Å². The molecule has 0 saturated carbocycles. The summed E-state index contributed by atoms with van der Waals surface area (Å²) in [6.07, 6.45) is 1.61. The van der Waals surface area contributed by atoms with Gasteiger partial charge in [0, 0.05) is 0 Å². The fourth-order valence-electron chi connectivity index (χ4n) is 0.281. The van der Waals surface area contributed by atoms with Crippen LogP contribution in [-0.2, 0) is 0 Å². The lowest BCUT2D eigenvalue weighted by atomic mass is 9.72. The quantitative estimate of drug-likeness (QED) is 0.361. The van der Waals surface area contributed by atoms with Crippen LogP contribution in [0.4, 0.5) is 4.39 Å². The Morgan fingerprint density at radius 2 is 2.33 bits per heavy atom. The molecule has 0 amide bonds. The molecule has 0 saturated heterocycles. The highest BCUT2D eigenvalue weighted by molar-refractivity contribution is 6.35. The van der Waals surface area contributed by atoms with Gasteiger partial charge in [0.05, 0.1) is 6.67 Å². The van der Waals surface area contributed by atoms with Crippen LogP contribution in [0.2, 0.25) is 12.6 Å². The van der Waals surface area contributed by atoms with E-state index in [-0.39, 0.29) is 6.67 Å². The topological polar surface area (TPSA) is 0 Å². The second-order valence-electron chi connectivity index (χ2n) is 1.17. The summed E-state index contributed by atoms with van der Waals surface area (Å²) in [5.74, 6) is 0. The van der Waals surface area contributed by atoms with Gasteiger partial charge in [0.15, 0.2) is 0 Å². The fraction of sp³-hybridized carbons (Fsp3) is 1.00. The molecule has 0 aromatic rings. The molecule has 0 N–H and O–H groups in total. The number of hydrogen-bond donors (Lipinski definition) is 0. The van der Waals surface area contributed by atoms with Crippen LogP contribution < -0.4 is 0 Å². The molecule has 0 aliphatic rings. The van der Waals surface area contributed by atoms with Crippen molar-refractivity contribution in [1.29, 1.82) is 0 Å². The van der Waals surface area contributed by atoms with Crippen LogP contribution >= 0.6 is 0 Å². The van der Waals surface area contributed by atoms with Crippen LogP contribution in [0.25, 0.3) is 0 Å². The van der Waals surface area contributed by atoms with Gasteiger partial charge >= 0.3 is 0 Å². The Balaban J connectivity index is 2.34. The van der Waals surface area contributed by atoms with Crippen molar-refractivity contribution >= 4 is 7.28 Å². The molecule has 0 aromatic carbocycles. The molecule has 0 bridgehead atoms. The number of rotatable bonds is 3. The van der Waals surface area contributed by atoms with Gasteiger partial charge in [0.25, 0.3) is 0 Å². The molecule has 6 heavy (non-hydrogen) atoms. The minimum Gasteiger partial charge on any atom is -0.252 e. The summed E-state index contributed by atoms with van der Waals surface area (Å²) in [5, 5.41) is 0. The van der Waals surface area contributed by atoms with Crippen molar-refractivity contribution in [2.75, 3.05) is 6.67 Å². The highest BCUT2D eigenvalue weighted by Crippen LogP contribution is 1.82. The largest absolute Gasteiger partial charge is 0.252 e. The summed E-state index contributed by atoms with van der Waals surface area (Å²) >= 11 is 0. The highest BCUT2D eigenvalue weighted by Gasteiger charge is 1.81. The van der Waals surface area contributed by atoms with Crippen LogP contribution in [0.3, 0.4) is 0 Å². The maximum atomic E-state index is 11.1. The predicted molar refractivity (Wildman–Crippen MR) is 27.0 cm³/mol. The van der Waals surface area contributed by atoms with E-state index >= 15 is 0 Å². The van der Waals surface area contributed by atoms with Crippen molar-refractivity contribution in [3.05, 3.63) is 0 Å². The van der Waals surface area contributed by atoms with E-state index in [0.717, 1.165) is 6.32 Å². The van der Waals surface area contributed by atoms with Gasteiger partial charge in [-0.2, -0.15) is 0 Å². The van der Waals surface area contributed by atoms with E-state index in [1.54, 1.807) is 0 Å². The Morgan fingerprint density at radius 3 is 2.50 bits per heavy atom. The summed E-state index contributed by atoms with van der Waals surface area (Å²) < 4.78 is 11.1. The molecule has 0 aliphatic heterocycles. The summed E-state index contributed by atoms with van der Waals surface area (Å²) in [6, 6.07) is 0. The Bertz CT molecular complexity index is 19.5. The summed E-state index contributed by atoms with van der Waals surface area (Å²) in [7, 11) is 1.93. The smallest absolute Gasteiger partial charge is 0.112 e. The number of halogens is 1. The zero-order chi connectivity index (χ0) is 4.83. The molecule has 0 unspecified atom stereocenters. The summed E-state index contributed by atoms with van der Waals surface area (Å²) in [5.41, 5.74) is 0. The van der Waals surface area contributed by atoms with Crippen molar-refractivity contribution in [3.63, 3.8) is 0 Å². The van der Waals surface area contributed by atoms with Crippen LogP contribution in [0.5, 0.6) is 0 Å². The lowest BCUT2D eigenvalue weighted by molar-refractivity contribution is 0.525. The Labute approximate surface area is 39.0 Å². The SMILES string of the molecule is CC[B]CCF. The normalized spacial score (nSPS) is 8.33. The van der Waals surface area contributed by atoms with E-state index in [1.807, 2.05) is 14.2 Å². The van der Waals surface area contributed by atoms with Gasteiger partial charge in [-0.3, -0.25) is 4.39 Å². The Morgan fingerprint density at radius 1 is 1.67 bits per heavy atom. The Hall–Kier alpha value is -0.00506. The molecule has 0 nitrogen and oxygen atoms in total. The minimum atomic E-state index is -0.201. The van der Waals surface area contributed by atoms with Crippen molar-refractivity contribution in [2.45, 2.75) is 19.6 Å². The van der Waals surface area contributed by atoms with Gasteiger partial charge in [-0.25, -0.2) is 0 Å². The molecule has 0 fully saturated rings. The van der Waals surface area contributed by atoms with E-state index in [4.69, 9.17) is 0 Å². The highest BCUT2D eigenvalue weighted by atomic mass is 19.1. The van der Waals surface area contributed by atoms with Crippen molar-refractivity contribution < 1.29 is 4.39 Å². The molecule has 1 radical (unpaired) electrons. The minimum absolute atomic E-state index is 0.201. The molecule has 0 spiro atoms. The molecular weight excluding hydrogens is 77.9 g/mol. The molecule has 0 rings (SSSR count). The van der Waals surface area contributed by atoms with Crippen molar-refractivity contribution in [1.82, 2.24) is 0 Å². The maximum Gasteiger partial charge on any atom is 0.112 e. The third-order valence-corrected chi connectivity index (χ3v) is 0.602. The third-order valence-electron chi connectivity index (χ3n) is 0.602. The van der Waals surface area contributed by atoms with E-state index in [0.29, 0.717) is 6.32 Å². The first-order valence-corrected chi connectivity index (χ1v) is 2.29. The van der Waals surface area contributed by atoms with Crippen molar-refractivity contribution in [2.24, 2.45) is 0 Å². The number of alkyl halides is 1. The Kier molecular flexibility index (Phi) is 4.99. The van der Waals surface area contributed by atoms with Crippen molar-refractivity contribution in [3.8, 4) is 0 Å². The second kappa shape index (κ2) is 4.99. The van der Waals surface area contributed by atoms with Gasteiger partial charge in [-0.15, -0.1) is 0 Å². The predicted octanol–water partition coefficient (Wildman–Crippen LogP) is 1.52. The molecular formula is C4H9BF. The maximum absolute atomic E-state index is 11.1. The van der Waals surface area contributed by atoms with E-state index < -0.39 is 0 Å². The lowest BCUT2D eigenvalue weighted by Gasteiger charge is -1.81. The average molecular weight is 86.9 g/mol. The lowest BCUT2D eigenvalue weighted by Crippen LogP contribution is -1.84. The molecule has 0 heterocycles. The van der Waals surface area contributed by atoms with Gasteiger partial charge in [0.2, 0.25) is 0 Å².